The first-order valence-corrected chi connectivity index (χ1v) is 21.4. The van der Waals surface area contributed by atoms with Crippen molar-refractivity contribution in [2.24, 2.45) is 0 Å². The van der Waals surface area contributed by atoms with Gasteiger partial charge in [-0.3, -0.25) is 0 Å². The zero-order chi connectivity index (χ0) is 46.1. The van der Waals surface area contributed by atoms with Crippen LogP contribution < -0.4 is 9.80 Å². The lowest BCUT2D eigenvalue weighted by atomic mass is 9.70. The van der Waals surface area contributed by atoms with Gasteiger partial charge in [0, 0.05) is 34.0 Å². The molecule has 1 spiro atoms. The van der Waals surface area contributed by atoms with Crippen LogP contribution in [0.2, 0.25) is 0 Å². The second-order valence-corrected chi connectivity index (χ2v) is 16.1. The highest BCUT2D eigenvalue weighted by molar-refractivity contribution is 5.98. The summed E-state index contributed by atoms with van der Waals surface area (Å²) in [6.07, 6.45) is 0. The van der Waals surface area contributed by atoms with Crippen LogP contribution in [-0.2, 0) is 5.41 Å². The van der Waals surface area contributed by atoms with Gasteiger partial charge in [0.2, 0.25) is 0 Å². The monoisotopic (exact) mass is 807 g/mol. The summed E-state index contributed by atoms with van der Waals surface area (Å²) in [4.78, 5) is 4.19. The van der Waals surface area contributed by atoms with Crippen LogP contribution in [0.4, 0.5) is 34.1 Å². The molecule has 0 bridgehead atoms. The molecule has 2 aliphatic carbocycles. The molecule has 63 heavy (non-hydrogen) atoms. The Balaban J connectivity index is 1.12. The molecule has 0 radical (unpaired) electrons. The van der Waals surface area contributed by atoms with E-state index in [0.717, 1.165) is 83.8 Å². The van der Waals surface area contributed by atoms with Gasteiger partial charge in [-0.1, -0.05) is 188 Å². The van der Waals surface area contributed by atoms with Crippen molar-refractivity contribution in [1.29, 1.82) is 0 Å². The zero-order valence-corrected chi connectivity index (χ0v) is 34.3. The molecular formula is C61H42N2. The van der Waals surface area contributed by atoms with Crippen LogP contribution in [0.3, 0.4) is 0 Å². The van der Waals surface area contributed by atoms with Crippen LogP contribution in [0, 0.1) is 0 Å². The third-order valence-electron chi connectivity index (χ3n) is 12.8. The first-order chi connectivity index (χ1) is 33.3. The Hall–Kier alpha value is -8.20. The summed E-state index contributed by atoms with van der Waals surface area (Å²) in [6.45, 7) is 0. The van der Waals surface area contributed by atoms with Gasteiger partial charge in [0.15, 0.2) is 0 Å². The van der Waals surface area contributed by atoms with Gasteiger partial charge in [-0.25, -0.2) is 0 Å². The molecule has 2 aliphatic rings. The van der Waals surface area contributed by atoms with E-state index in [-0.39, 0.29) is 29.9 Å². The fourth-order valence-corrected chi connectivity index (χ4v) is 10.1. The Morgan fingerprint density at radius 2 is 0.714 bits per heavy atom. The van der Waals surface area contributed by atoms with E-state index in [2.05, 4.69) is 187 Å². The highest BCUT2D eigenvalue weighted by atomic mass is 15.1. The normalized spacial score (nSPS) is 15.2. The van der Waals surface area contributed by atoms with Crippen LogP contribution >= 0.6 is 0 Å². The fourth-order valence-electron chi connectivity index (χ4n) is 10.1. The Kier molecular flexibility index (Phi) is 7.56. The van der Waals surface area contributed by atoms with Crippen molar-refractivity contribution in [2.75, 3.05) is 9.80 Å². The summed E-state index contributed by atoms with van der Waals surface area (Å²) < 4.78 is 44.2. The molecule has 296 valence electrons. The first-order valence-electron chi connectivity index (χ1n) is 23.9. The molecule has 2 nitrogen and oxygen atoms in total. The molecule has 1 atom stereocenters. The summed E-state index contributed by atoms with van der Waals surface area (Å²) in [5.41, 5.74) is 17.2. The van der Waals surface area contributed by atoms with Crippen molar-refractivity contribution >= 4 is 34.1 Å². The Bertz CT molecular complexity index is 3540. The van der Waals surface area contributed by atoms with Crippen molar-refractivity contribution in [1.82, 2.24) is 0 Å². The van der Waals surface area contributed by atoms with Gasteiger partial charge in [-0.05, 0) is 128 Å². The SMILES string of the molecule is [2H]c1c([2H])c([2H])c(N(c2ccccc2)c2ccc3c(c2)C2(c4ccccc4-c4ccc(N(c5ccc(-c6ccccc6)cc5)c5ccccc5-c5ccccc5)cc42)c2ccccc2-3)c([2H])c1[2H]. The Labute approximate surface area is 376 Å². The standard InChI is InChI=1S/C61H42N2/c1-5-19-43(20-6-1)44-33-35-48(36-34-44)63(60-32-18-15-27-51(60)45-21-7-2-8-22-45)50-38-40-55-53-29-14-17-31-57(53)61(59(55)42-50)56-30-16-13-28-52(56)54-39-37-49(41-58(54)61)62(46-23-9-3-10-24-46)47-25-11-4-12-26-47/h1-42H/i3D,9D,10D,23D,24D. The smallest absolute Gasteiger partial charge is 0.0727 e. The lowest BCUT2D eigenvalue weighted by Gasteiger charge is -2.33. The molecule has 0 saturated carbocycles. The van der Waals surface area contributed by atoms with Crippen LogP contribution in [-0.4, -0.2) is 0 Å². The van der Waals surface area contributed by atoms with Crippen LogP contribution in [0.1, 0.15) is 29.1 Å². The second-order valence-electron chi connectivity index (χ2n) is 16.1. The molecule has 10 aromatic carbocycles. The van der Waals surface area contributed by atoms with Crippen molar-refractivity contribution in [3.05, 3.63) is 277 Å². The van der Waals surface area contributed by atoms with E-state index in [1.54, 1.807) is 0 Å². The predicted octanol–water partition coefficient (Wildman–Crippen LogP) is 16.3. The molecule has 0 amide bonds. The summed E-state index contributed by atoms with van der Waals surface area (Å²) in [7, 11) is 0. The van der Waals surface area contributed by atoms with Gasteiger partial charge in [-0.2, -0.15) is 0 Å². The Morgan fingerprint density at radius 1 is 0.286 bits per heavy atom. The van der Waals surface area contributed by atoms with Gasteiger partial charge >= 0.3 is 0 Å². The summed E-state index contributed by atoms with van der Waals surface area (Å²) in [5, 5.41) is 0. The molecule has 0 aliphatic heterocycles. The number of anilines is 6. The number of hydrogen-bond donors (Lipinski definition) is 0. The minimum atomic E-state index is -0.784. The summed E-state index contributed by atoms with van der Waals surface area (Å²) >= 11 is 0. The topological polar surface area (TPSA) is 6.48 Å². The van der Waals surface area contributed by atoms with Gasteiger partial charge in [0.25, 0.3) is 0 Å². The third kappa shape index (κ3) is 5.87. The fraction of sp³-hybridized carbons (Fsp3) is 0.0164. The predicted molar refractivity (Wildman–Crippen MR) is 263 cm³/mol. The van der Waals surface area contributed by atoms with E-state index in [4.69, 9.17) is 4.11 Å². The number of benzene rings is 10. The third-order valence-corrected chi connectivity index (χ3v) is 12.8. The van der Waals surface area contributed by atoms with Crippen molar-refractivity contribution in [2.45, 2.75) is 5.41 Å². The first kappa shape index (κ1) is 31.6. The maximum absolute atomic E-state index is 9.19. The van der Waals surface area contributed by atoms with Gasteiger partial charge in [0.1, 0.15) is 0 Å². The molecule has 1 unspecified atom stereocenters. The van der Waals surface area contributed by atoms with Gasteiger partial charge in [0.05, 0.1) is 18.0 Å². The van der Waals surface area contributed by atoms with Gasteiger partial charge in [-0.15, -0.1) is 0 Å². The maximum atomic E-state index is 9.19. The number of nitrogens with zero attached hydrogens (tertiary/aromatic N) is 2. The molecule has 0 aromatic heterocycles. The highest BCUT2D eigenvalue weighted by Crippen LogP contribution is 2.64. The summed E-state index contributed by atoms with van der Waals surface area (Å²) in [6, 6.07) is 76.9. The molecule has 12 rings (SSSR count). The van der Waals surface area contributed by atoms with E-state index in [0.29, 0.717) is 11.4 Å². The molecular weight excluding hydrogens is 761 g/mol. The molecule has 0 saturated heterocycles. The molecule has 0 heterocycles. The largest absolute Gasteiger partial charge is 0.310 e. The lowest BCUT2D eigenvalue weighted by molar-refractivity contribution is 0.793. The van der Waals surface area contributed by atoms with Gasteiger partial charge < -0.3 is 9.80 Å². The quantitative estimate of drug-likeness (QED) is 0.151. The van der Waals surface area contributed by atoms with E-state index in [1.807, 2.05) is 47.4 Å². The number of hydrogen-bond acceptors (Lipinski definition) is 2. The van der Waals surface area contributed by atoms with E-state index >= 15 is 0 Å². The van der Waals surface area contributed by atoms with Crippen LogP contribution in [0.25, 0.3) is 44.5 Å². The molecule has 10 aromatic rings. The minimum absolute atomic E-state index is 0.0900. The summed E-state index contributed by atoms with van der Waals surface area (Å²) in [5.74, 6) is 0. The van der Waals surface area contributed by atoms with E-state index in [1.165, 1.54) is 0 Å². The second kappa shape index (κ2) is 15.1. The molecule has 0 fully saturated rings. The van der Waals surface area contributed by atoms with Crippen LogP contribution in [0.5, 0.6) is 0 Å². The molecule has 0 N–H and O–H groups in total. The lowest BCUT2D eigenvalue weighted by Crippen LogP contribution is -2.26. The average Bonchev–Trinajstić information content (AvgIpc) is 3.86. The zero-order valence-electron chi connectivity index (χ0n) is 39.3. The number of rotatable bonds is 8. The van der Waals surface area contributed by atoms with Crippen molar-refractivity contribution in [3.8, 4) is 44.5 Å². The van der Waals surface area contributed by atoms with Crippen molar-refractivity contribution in [3.63, 3.8) is 0 Å². The maximum Gasteiger partial charge on any atom is 0.0727 e. The van der Waals surface area contributed by atoms with Crippen molar-refractivity contribution < 1.29 is 6.85 Å². The number of para-hydroxylation sites is 3. The number of fused-ring (bicyclic) bond motifs is 10. The van der Waals surface area contributed by atoms with Crippen LogP contribution in [0.15, 0.2) is 255 Å². The molecule has 2 heteroatoms. The Morgan fingerprint density at radius 3 is 1.32 bits per heavy atom. The van der Waals surface area contributed by atoms with E-state index in [9.17, 15) is 2.74 Å². The van der Waals surface area contributed by atoms with E-state index < -0.39 is 11.5 Å². The highest BCUT2D eigenvalue weighted by Gasteiger charge is 2.52. The average molecular weight is 808 g/mol. The minimum Gasteiger partial charge on any atom is -0.310 e.